The van der Waals surface area contributed by atoms with E-state index in [0.29, 0.717) is 0 Å². The lowest BCUT2D eigenvalue weighted by Gasteiger charge is -2.20. The van der Waals surface area contributed by atoms with Crippen molar-refractivity contribution < 1.29 is 4.74 Å². The van der Waals surface area contributed by atoms with Gasteiger partial charge in [0.25, 0.3) is 0 Å². The number of aromatic nitrogens is 2. The zero-order valence-electron chi connectivity index (χ0n) is 11.9. The van der Waals surface area contributed by atoms with Gasteiger partial charge < -0.3 is 4.74 Å². The van der Waals surface area contributed by atoms with Gasteiger partial charge in [-0.1, -0.05) is 6.92 Å². The summed E-state index contributed by atoms with van der Waals surface area (Å²) in [5.41, 5.74) is 2.32. The van der Waals surface area contributed by atoms with Gasteiger partial charge in [-0.25, -0.2) is 0 Å². The minimum Gasteiger partial charge on any atom is -0.380 e. The fraction of sp³-hybridized carbons (Fsp3) is 0.769. The SMILES string of the molecule is CCOCCN(CC)Cc1c(Br)c(C)nn1CC. The van der Waals surface area contributed by atoms with Crippen molar-refractivity contribution in [2.24, 2.45) is 0 Å². The van der Waals surface area contributed by atoms with E-state index in [-0.39, 0.29) is 0 Å². The Kier molecular flexibility index (Phi) is 6.89. The Bertz CT molecular complexity index is 365. The molecule has 0 saturated heterocycles. The zero-order chi connectivity index (χ0) is 13.5. The first-order valence-corrected chi connectivity index (χ1v) is 7.45. The number of ether oxygens (including phenoxy) is 1. The molecule has 0 N–H and O–H groups in total. The van der Waals surface area contributed by atoms with E-state index in [1.807, 2.05) is 13.8 Å². The van der Waals surface area contributed by atoms with E-state index in [1.165, 1.54) is 5.69 Å². The van der Waals surface area contributed by atoms with Crippen LogP contribution in [0.3, 0.4) is 0 Å². The number of hydrogen-bond acceptors (Lipinski definition) is 3. The first-order chi connectivity index (χ1) is 8.63. The summed E-state index contributed by atoms with van der Waals surface area (Å²) in [5.74, 6) is 0. The molecule has 0 atom stereocenters. The molecule has 1 heterocycles. The van der Waals surface area contributed by atoms with Gasteiger partial charge in [0.2, 0.25) is 0 Å². The largest absolute Gasteiger partial charge is 0.380 e. The molecule has 0 aliphatic carbocycles. The molecule has 0 aliphatic heterocycles. The molecule has 0 fully saturated rings. The molecule has 0 radical (unpaired) electrons. The van der Waals surface area contributed by atoms with Crippen molar-refractivity contribution in [2.75, 3.05) is 26.3 Å². The van der Waals surface area contributed by atoms with Crippen LogP contribution in [0.25, 0.3) is 0 Å². The van der Waals surface area contributed by atoms with E-state index >= 15 is 0 Å². The van der Waals surface area contributed by atoms with Crippen LogP contribution in [0.4, 0.5) is 0 Å². The van der Waals surface area contributed by atoms with Crippen molar-refractivity contribution in [2.45, 2.75) is 40.8 Å². The van der Waals surface area contributed by atoms with E-state index in [0.717, 1.165) is 49.6 Å². The summed E-state index contributed by atoms with van der Waals surface area (Å²) in [4.78, 5) is 2.38. The second kappa shape index (κ2) is 7.92. The first-order valence-electron chi connectivity index (χ1n) is 6.65. The number of aryl methyl sites for hydroxylation is 2. The van der Waals surface area contributed by atoms with Gasteiger partial charge in [0.1, 0.15) is 0 Å². The number of halogens is 1. The van der Waals surface area contributed by atoms with Crippen LogP contribution in [0.1, 0.15) is 32.2 Å². The predicted octanol–water partition coefficient (Wildman–Crippen LogP) is 2.83. The minimum absolute atomic E-state index is 0.785. The van der Waals surface area contributed by atoms with Gasteiger partial charge in [0.15, 0.2) is 0 Å². The van der Waals surface area contributed by atoms with E-state index in [9.17, 15) is 0 Å². The molecule has 0 saturated carbocycles. The van der Waals surface area contributed by atoms with E-state index < -0.39 is 0 Å². The van der Waals surface area contributed by atoms with Crippen molar-refractivity contribution >= 4 is 15.9 Å². The summed E-state index contributed by atoms with van der Waals surface area (Å²) in [6.07, 6.45) is 0. The lowest BCUT2D eigenvalue weighted by molar-refractivity contribution is 0.111. The molecule has 0 unspecified atom stereocenters. The van der Waals surface area contributed by atoms with Crippen LogP contribution < -0.4 is 0 Å². The van der Waals surface area contributed by atoms with Crippen molar-refractivity contribution in [1.82, 2.24) is 14.7 Å². The summed E-state index contributed by atoms with van der Waals surface area (Å²) < 4.78 is 8.63. The van der Waals surface area contributed by atoms with E-state index in [4.69, 9.17) is 4.74 Å². The molecule has 1 aromatic rings. The van der Waals surface area contributed by atoms with Crippen LogP contribution in [0.5, 0.6) is 0 Å². The van der Waals surface area contributed by atoms with Crippen LogP contribution >= 0.6 is 15.9 Å². The second-order valence-corrected chi connectivity index (χ2v) is 5.02. The van der Waals surface area contributed by atoms with Crippen molar-refractivity contribution in [3.63, 3.8) is 0 Å². The summed E-state index contributed by atoms with van der Waals surface area (Å²) >= 11 is 3.64. The monoisotopic (exact) mass is 317 g/mol. The van der Waals surface area contributed by atoms with Gasteiger partial charge in [-0.15, -0.1) is 0 Å². The molecule has 0 amide bonds. The molecule has 0 spiro atoms. The van der Waals surface area contributed by atoms with Gasteiger partial charge in [-0.2, -0.15) is 5.10 Å². The lowest BCUT2D eigenvalue weighted by Crippen LogP contribution is -2.28. The average molecular weight is 318 g/mol. The fourth-order valence-corrected chi connectivity index (χ4v) is 2.33. The standard InChI is InChI=1S/C13H24BrN3O/c1-5-16(8-9-18-7-3)10-12-13(14)11(4)15-17(12)6-2/h5-10H2,1-4H3. The molecule has 4 nitrogen and oxygen atoms in total. The highest BCUT2D eigenvalue weighted by Gasteiger charge is 2.14. The summed E-state index contributed by atoms with van der Waals surface area (Å²) in [6.45, 7) is 13.8. The maximum atomic E-state index is 5.42. The summed E-state index contributed by atoms with van der Waals surface area (Å²) in [6, 6.07) is 0. The molecule has 5 heteroatoms. The Hall–Kier alpha value is -0.390. The summed E-state index contributed by atoms with van der Waals surface area (Å²) in [5, 5.41) is 4.52. The van der Waals surface area contributed by atoms with Gasteiger partial charge in [0, 0.05) is 26.2 Å². The predicted molar refractivity (Wildman–Crippen MR) is 77.8 cm³/mol. The van der Waals surface area contributed by atoms with Gasteiger partial charge >= 0.3 is 0 Å². The van der Waals surface area contributed by atoms with Gasteiger partial charge in [0.05, 0.1) is 22.5 Å². The molecule has 1 aromatic heterocycles. The summed E-state index contributed by atoms with van der Waals surface area (Å²) in [7, 11) is 0. The van der Waals surface area contributed by atoms with Gasteiger partial charge in [-0.3, -0.25) is 9.58 Å². The number of hydrogen-bond donors (Lipinski definition) is 0. The van der Waals surface area contributed by atoms with Crippen molar-refractivity contribution in [3.05, 3.63) is 15.9 Å². The van der Waals surface area contributed by atoms with Crippen LogP contribution in [0.15, 0.2) is 4.47 Å². The highest BCUT2D eigenvalue weighted by atomic mass is 79.9. The quantitative estimate of drug-likeness (QED) is 0.691. The molecule has 1 rings (SSSR count). The number of likely N-dealkylation sites (N-methyl/N-ethyl adjacent to an activating group) is 1. The zero-order valence-corrected chi connectivity index (χ0v) is 13.5. The maximum Gasteiger partial charge on any atom is 0.0739 e. The normalized spacial score (nSPS) is 11.4. The Labute approximate surface area is 118 Å². The molecule has 0 bridgehead atoms. The molecule has 0 aromatic carbocycles. The minimum atomic E-state index is 0.785. The number of rotatable bonds is 8. The Balaban J connectivity index is 2.68. The smallest absolute Gasteiger partial charge is 0.0739 e. The van der Waals surface area contributed by atoms with Crippen LogP contribution in [0, 0.1) is 6.92 Å². The molecule has 18 heavy (non-hydrogen) atoms. The second-order valence-electron chi connectivity index (χ2n) is 4.23. The Morgan fingerprint density at radius 3 is 2.61 bits per heavy atom. The molecular formula is C13H24BrN3O. The highest BCUT2D eigenvalue weighted by molar-refractivity contribution is 9.10. The third-order valence-corrected chi connectivity index (χ3v) is 4.06. The topological polar surface area (TPSA) is 30.3 Å². The van der Waals surface area contributed by atoms with Crippen molar-refractivity contribution in [3.8, 4) is 0 Å². The van der Waals surface area contributed by atoms with Gasteiger partial charge in [-0.05, 0) is 43.2 Å². The lowest BCUT2D eigenvalue weighted by atomic mass is 10.3. The highest BCUT2D eigenvalue weighted by Crippen LogP contribution is 2.22. The van der Waals surface area contributed by atoms with Crippen LogP contribution in [-0.2, 0) is 17.8 Å². The molecule has 0 aliphatic rings. The molecular weight excluding hydrogens is 294 g/mol. The third-order valence-electron chi connectivity index (χ3n) is 3.03. The van der Waals surface area contributed by atoms with E-state index in [1.54, 1.807) is 0 Å². The molecule has 104 valence electrons. The third kappa shape index (κ3) is 4.07. The fourth-order valence-electron chi connectivity index (χ4n) is 1.92. The number of nitrogens with zero attached hydrogens (tertiary/aromatic N) is 3. The van der Waals surface area contributed by atoms with Crippen LogP contribution in [-0.4, -0.2) is 41.0 Å². The van der Waals surface area contributed by atoms with E-state index in [2.05, 4.69) is 44.5 Å². The average Bonchev–Trinajstić information content (AvgIpc) is 2.65. The van der Waals surface area contributed by atoms with Crippen LogP contribution in [0.2, 0.25) is 0 Å². The first kappa shape index (κ1) is 15.7. The Morgan fingerprint density at radius 1 is 1.33 bits per heavy atom. The maximum absolute atomic E-state index is 5.42. The Morgan fingerprint density at radius 2 is 2.06 bits per heavy atom. The van der Waals surface area contributed by atoms with Crippen molar-refractivity contribution in [1.29, 1.82) is 0 Å².